The first kappa shape index (κ1) is 11.7. The van der Waals surface area contributed by atoms with Crippen molar-refractivity contribution in [2.24, 2.45) is 0 Å². The molecule has 0 saturated heterocycles. The molecule has 0 unspecified atom stereocenters. The Bertz CT molecular complexity index is 677. The summed E-state index contributed by atoms with van der Waals surface area (Å²) in [5.74, 6) is 1.32. The van der Waals surface area contributed by atoms with E-state index < -0.39 is 0 Å². The lowest BCUT2D eigenvalue weighted by atomic mass is 10.2. The number of hydrogen-bond donors (Lipinski definition) is 1. The van der Waals surface area contributed by atoms with Crippen molar-refractivity contribution >= 4 is 12.2 Å². The standard InChI is InChI=1S/C14H10N4S/c19-14-17-12(10-6-2-1-3-7-10)16-13(18-14)11-8-4-5-9-15-11/h1-9H,(H,16,17,18,19). The number of aromatic amines is 1. The molecule has 3 aromatic rings. The lowest BCUT2D eigenvalue weighted by Gasteiger charge is -2.04. The van der Waals surface area contributed by atoms with E-state index >= 15 is 0 Å². The molecule has 2 aromatic heterocycles. The zero-order valence-corrected chi connectivity index (χ0v) is 10.8. The molecule has 0 amide bonds. The van der Waals surface area contributed by atoms with Gasteiger partial charge in [0.1, 0.15) is 11.5 Å². The maximum Gasteiger partial charge on any atom is 0.223 e. The molecule has 2 heterocycles. The van der Waals surface area contributed by atoms with Gasteiger partial charge in [-0.1, -0.05) is 36.4 Å². The number of benzene rings is 1. The lowest BCUT2D eigenvalue weighted by molar-refractivity contribution is 1.03. The van der Waals surface area contributed by atoms with Gasteiger partial charge in [-0.25, -0.2) is 4.98 Å². The van der Waals surface area contributed by atoms with Gasteiger partial charge in [0.15, 0.2) is 5.82 Å². The average molecular weight is 266 g/mol. The zero-order chi connectivity index (χ0) is 13.1. The third kappa shape index (κ3) is 2.56. The Morgan fingerprint density at radius 3 is 2.32 bits per heavy atom. The largest absolute Gasteiger partial charge is 0.322 e. The highest BCUT2D eigenvalue weighted by Crippen LogP contribution is 2.17. The Morgan fingerprint density at radius 2 is 1.58 bits per heavy atom. The highest BCUT2D eigenvalue weighted by atomic mass is 32.1. The number of hydrogen-bond acceptors (Lipinski definition) is 4. The average Bonchev–Trinajstić information content (AvgIpc) is 2.48. The maximum absolute atomic E-state index is 5.12. The van der Waals surface area contributed by atoms with Crippen LogP contribution in [0.2, 0.25) is 0 Å². The minimum atomic E-state index is 0.304. The number of aromatic nitrogens is 4. The Labute approximate surface area is 115 Å². The first-order valence-electron chi connectivity index (χ1n) is 5.78. The van der Waals surface area contributed by atoms with Crippen LogP contribution in [0.25, 0.3) is 22.9 Å². The molecule has 0 fully saturated rings. The fourth-order valence-electron chi connectivity index (χ4n) is 1.74. The molecule has 5 heteroatoms. The van der Waals surface area contributed by atoms with E-state index in [0.29, 0.717) is 16.4 Å². The van der Waals surface area contributed by atoms with E-state index in [1.54, 1.807) is 6.20 Å². The zero-order valence-electron chi connectivity index (χ0n) is 9.95. The summed E-state index contributed by atoms with van der Waals surface area (Å²) in [6, 6.07) is 15.4. The van der Waals surface area contributed by atoms with Gasteiger partial charge in [0.25, 0.3) is 0 Å². The summed E-state index contributed by atoms with van der Waals surface area (Å²) >= 11 is 5.12. The number of pyridine rings is 1. The second kappa shape index (κ2) is 5.07. The van der Waals surface area contributed by atoms with E-state index in [9.17, 15) is 0 Å². The second-order valence-electron chi connectivity index (χ2n) is 3.91. The molecule has 1 aromatic carbocycles. The second-order valence-corrected chi connectivity index (χ2v) is 4.27. The van der Waals surface area contributed by atoms with Crippen LogP contribution in [0.1, 0.15) is 0 Å². The van der Waals surface area contributed by atoms with E-state index in [0.717, 1.165) is 11.3 Å². The van der Waals surface area contributed by atoms with Gasteiger partial charge in [0, 0.05) is 11.8 Å². The van der Waals surface area contributed by atoms with Crippen LogP contribution in [0.5, 0.6) is 0 Å². The molecule has 0 atom stereocenters. The Balaban J connectivity index is 2.15. The number of nitrogens with one attached hydrogen (secondary N) is 1. The molecular weight excluding hydrogens is 256 g/mol. The van der Waals surface area contributed by atoms with Gasteiger partial charge < -0.3 is 4.98 Å². The van der Waals surface area contributed by atoms with Crippen molar-refractivity contribution in [2.75, 3.05) is 0 Å². The topological polar surface area (TPSA) is 54.5 Å². The molecule has 3 rings (SSSR count). The van der Waals surface area contributed by atoms with Crippen molar-refractivity contribution in [3.05, 3.63) is 59.5 Å². The minimum Gasteiger partial charge on any atom is -0.322 e. The highest BCUT2D eigenvalue weighted by Gasteiger charge is 2.05. The van der Waals surface area contributed by atoms with Crippen molar-refractivity contribution in [1.29, 1.82) is 0 Å². The first-order valence-corrected chi connectivity index (χ1v) is 6.19. The van der Waals surface area contributed by atoms with Crippen molar-refractivity contribution in [2.45, 2.75) is 0 Å². The van der Waals surface area contributed by atoms with Crippen LogP contribution in [0.3, 0.4) is 0 Å². The summed E-state index contributed by atoms with van der Waals surface area (Å²) in [6.45, 7) is 0. The summed E-state index contributed by atoms with van der Waals surface area (Å²) in [5.41, 5.74) is 1.71. The Morgan fingerprint density at radius 1 is 0.842 bits per heavy atom. The van der Waals surface area contributed by atoms with Crippen LogP contribution in [-0.4, -0.2) is 19.9 Å². The quantitative estimate of drug-likeness (QED) is 0.723. The van der Waals surface area contributed by atoms with Crippen LogP contribution >= 0.6 is 12.2 Å². The summed E-state index contributed by atoms with van der Waals surface area (Å²) in [5, 5.41) is 0. The summed E-state index contributed by atoms with van der Waals surface area (Å²) in [7, 11) is 0. The van der Waals surface area contributed by atoms with Gasteiger partial charge in [0.2, 0.25) is 4.77 Å². The van der Waals surface area contributed by atoms with Crippen LogP contribution in [0, 0.1) is 4.77 Å². The normalized spacial score (nSPS) is 10.3. The van der Waals surface area contributed by atoms with Crippen molar-refractivity contribution < 1.29 is 0 Å². The van der Waals surface area contributed by atoms with E-state index in [2.05, 4.69) is 19.9 Å². The van der Waals surface area contributed by atoms with Crippen LogP contribution in [0.15, 0.2) is 54.7 Å². The summed E-state index contributed by atoms with van der Waals surface area (Å²) in [6.07, 6.45) is 1.72. The van der Waals surface area contributed by atoms with E-state index in [-0.39, 0.29) is 0 Å². The molecule has 4 nitrogen and oxygen atoms in total. The van der Waals surface area contributed by atoms with Gasteiger partial charge in [-0.3, -0.25) is 4.98 Å². The Kier molecular flexibility index (Phi) is 3.12. The molecule has 0 radical (unpaired) electrons. The molecular formula is C14H10N4S. The molecule has 0 aliphatic rings. The molecule has 0 spiro atoms. The van der Waals surface area contributed by atoms with Crippen molar-refractivity contribution in [1.82, 2.24) is 19.9 Å². The van der Waals surface area contributed by atoms with Crippen LogP contribution in [0.4, 0.5) is 0 Å². The predicted molar refractivity (Wildman–Crippen MR) is 75.9 cm³/mol. The molecule has 1 N–H and O–H groups in total. The predicted octanol–water partition coefficient (Wildman–Crippen LogP) is 3.26. The van der Waals surface area contributed by atoms with Gasteiger partial charge >= 0.3 is 0 Å². The SMILES string of the molecule is S=c1nc(-c2ccccc2)[nH]c(-c2ccccn2)n1. The van der Waals surface area contributed by atoms with Crippen molar-refractivity contribution in [3.63, 3.8) is 0 Å². The van der Waals surface area contributed by atoms with Gasteiger partial charge in [-0.15, -0.1) is 0 Å². The van der Waals surface area contributed by atoms with Crippen LogP contribution < -0.4 is 0 Å². The summed E-state index contributed by atoms with van der Waals surface area (Å²) in [4.78, 5) is 15.9. The van der Waals surface area contributed by atoms with Crippen LogP contribution in [-0.2, 0) is 0 Å². The number of rotatable bonds is 2. The minimum absolute atomic E-state index is 0.304. The van der Waals surface area contributed by atoms with E-state index in [1.807, 2.05) is 48.5 Å². The molecule has 92 valence electrons. The Hall–Kier alpha value is -2.40. The molecule has 0 bridgehead atoms. The molecule has 0 aliphatic heterocycles. The first-order chi connectivity index (χ1) is 9.33. The highest BCUT2D eigenvalue weighted by molar-refractivity contribution is 7.71. The number of H-pyrrole nitrogens is 1. The van der Waals surface area contributed by atoms with Gasteiger partial charge in [0.05, 0.1) is 0 Å². The number of nitrogens with zero attached hydrogens (tertiary/aromatic N) is 3. The molecule has 0 saturated carbocycles. The van der Waals surface area contributed by atoms with Gasteiger partial charge in [-0.2, -0.15) is 4.98 Å². The monoisotopic (exact) mass is 266 g/mol. The maximum atomic E-state index is 5.12. The fourth-order valence-corrected chi connectivity index (χ4v) is 1.92. The summed E-state index contributed by atoms with van der Waals surface area (Å²) < 4.78 is 0.304. The van der Waals surface area contributed by atoms with Gasteiger partial charge in [-0.05, 0) is 24.4 Å². The smallest absolute Gasteiger partial charge is 0.223 e. The third-order valence-corrected chi connectivity index (χ3v) is 2.79. The molecule has 19 heavy (non-hydrogen) atoms. The van der Waals surface area contributed by atoms with E-state index in [1.165, 1.54) is 0 Å². The third-order valence-electron chi connectivity index (χ3n) is 2.61. The van der Waals surface area contributed by atoms with Crippen molar-refractivity contribution in [3.8, 4) is 22.9 Å². The fraction of sp³-hybridized carbons (Fsp3) is 0. The lowest BCUT2D eigenvalue weighted by Crippen LogP contribution is -1.97. The molecule has 0 aliphatic carbocycles. The van der Waals surface area contributed by atoms with E-state index in [4.69, 9.17) is 12.2 Å².